The lowest BCUT2D eigenvalue weighted by Crippen LogP contribution is -1.94. The van der Waals surface area contributed by atoms with Crippen LogP contribution in [0.1, 0.15) is 11.1 Å². The minimum atomic E-state index is -0.519. The van der Waals surface area contributed by atoms with Gasteiger partial charge in [-0.3, -0.25) is 0 Å². The van der Waals surface area contributed by atoms with Crippen molar-refractivity contribution < 1.29 is 24.2 Å². The average molecular weight is 262 g/mol. The first-order valence-electron chi connectivity index (χ1n) is 5.42. The Hall–Kier alpha value is -2.56. The van der Waals surface area contributed by atoms with E-state index >= 15 is 0 Å². The zero-order chi connectivity index (χ0) is 14.3. The van der Waals surface area contributed by atoms with Crippen molar-refractivity contribution in [1.82, 2.24) is 0 Å². The Morgan fingerprint density at radius 2 is 1.63 bits per heavy atom. The molecule has 100 valence electrons. The Morgan fingerprint density at radius 3 is 2.21 bits per heavy atom. The third-order valence-electron chi connectivity index (χ3n) is 2.26. The van der Waals surface area contributed by atoms with Gasteiger partial charge in [-0.25, -0.2) is 9.59 Å². The number of phenolic OH excluding ortho intramolecular Hbond substituents is 1. The highest BCUT2D eigenvalue weighted by molar-refractivity contribution is 5.88. The number of ether oxygens (including phenoxy) is 2. The van der Waals surface area contributed by atoms with Crippen molar-refractivity contribution in [2.24, 2.45) is 0 Å². The molecule has 0 fully saturated rings. The van der Waals surface area contributed by atoms with E-state index in [-0.39, 0.29) is 5.75 Å². The molecule has 0 unspecified atom stereocenters. The number of aromatic hydroxyl groups is 1. The fourth-order valence-electron chi connectivity index (χ4n) is 1.27. The van der Waals surface area contributed by atoms with Crippen LogP contribution in [0, 0.1) is 0 Å². The number of phenols is 1. The number of methoxy groups -OCH3 is 2. The second-order valence-electron chi connectivity index (χ2n) is 3.53. The fourth-order valence-corrected chi connectivity index (χ4v) is 1.27. The van der Waals surface area contributed by atoms with Crippen LogP contribution in [0.2, 0.25) is 0 Å². The van der Waals surface area contributed by atoms with Gasteiger partial charge in [0.15, 0.2) is 0 Å². The number of rotatable bonds is 4. The summed E-state index contributed by atoms with van der Waals surface area (Å²) >= 11 is 0. The number of carbonyl (C=O) groups is 2. The first-order chi connectivity index (χ1) is 9.06. The first kappa shape index (κ1) is 14.5. The van der Waals surface area contributed by atoms with Gasteiger partial charge in [0.05, 0.1) is 14.2 Å². The van der Waals surface area contributed by atoms with Crippen molar-refractivity contribution in [3.63, 3.8) is 0 Å². The number of esters is 2. The average Bonchev–Trinajstić information content (AvgIpc) is 2.44. The van der Waals surface area contributed by atoms with Crippen LogP contribution in [0.4, 0.5) is 0 Å². The lowest BCUT2D eigenvalue weighted by atomic mass is 10.1. The van der Waals surface area contributed by atoms with E-state index in [4.69, 9.17) is 0 Å². The zero-order valence-electron chi connectivity index (χ0n) is 10.6. The largest absolute Gasteiger partial charge is 0.507 e. The molecule has 0 aliphatic rings. The van der Waals surface area contributed by atoms with E-state index in [9.17, 15) is 14.7 Å². The maximum Gasteiger partial charge on any atom is 0.330 e. The van der Waals surface area contributed by atoms with Crippen molar-refractivity contribution in [2.45, 2.75) is 0 Å². The molecular formula is C14H14O5. The molecule has 0 amide bonds. The second kappa shape index (κ2) is 7.00. The quantitative estimate of drug-likeness (QED) is 0.661. The summed E-state index contributed by atoms with van der Waals surface area (Å²) in [6.07, 6.45) is 5.43. The molecule has 0 bridgehead atoms. The van der Waals surface area contributed by atoms with Gasteiger partial charge >= 0.3 is 11.9 Å². The molecule has 0 spiro atoms. The van der Waals surface area contributed by atoms with E-state index in [1.165, 1.54) is 38.5 Å². The molecule has 0 saturated heterocycles. The highest BCUT2D eigenvalue weighted by Gasteiger charge is 2.00. The molecule has 0 saturated carbocycles. The van der Waals surface area contributed by atoms with Crippen molar-refractivity contribution in [1.29, 1.82) is 0 Å². The van der Waals surface area contributed by atoms with Crippen molar-refractivity contribution in [3.05, 3.63) is 41.5 Å². The minimum Gasteiger partial charge on any atom is -0.507 e. The summed E-state index contributed by atoms with van der Waals surface area (Å²) in [5, 5.41) is 9.63. The molecular weight excluding hydrogens is 248 g/mol. The van der Waals surface area contributed by atoms with Gasteiger partial charge in [0.25, 0.3) is 0 Å². The first-order valence-corrected chi connectivity index (χ1v) is 5.42. The maximum atomic E-state index is 11.0. The molecule has 0 aromatic heterocycles. The van der Waals surface area contributed by atoms with E-state index in [1.54, 1.807) is 18.2 Å². The van der Waals surface area contributed by atoms with Gasteiger partial charge in [0, 0.05) is 17.7 Å². The Labute approximate surface area is 110 Å². The summed E-state index contributed by atoms with van der Waals surface area (Å²) < 4.78 is 8.92. The van der Waals surface area contributed by atoms with E-state index in [2.05, 4.69) is 9.47 Å². The molecule has 0 aliphatic heterocycles. The summed E-state index contributed by atoms with van der Waals surface area (Å²) in [7, 11) is 2.55. The highest BCUT2D eigenvalue weighted by atomic mass is 16.5. The molecule has 0 radical (unpaired) electrons. The van der Waals surface area contributed by atoms with Crippen molar-refractivity contribution in [2.75, 3.05) is 14.2 Å². The topological polar surface area (TPSA) is 72.8 Å². The van der Waals surface area contributed by atoms with Gasteiger partial charge in [0.2, 0.25) is 0 Å². The van der Waals surface area contributed by atoms with Crippen LogP contribution in [-0.4, -0.2) is 31.3 Å². The summed E-state index contributed by atoms with van der Waals surface area (Å²) in [6, 6.07) is 4.71. The lowest BCUT2D eigenvalue weighted by Gasteiger charge is -2.01. The van der Waals surface area contributed by atoms with E-state index in [0.29, 0.717) is 11.1 Å². The van der Waals surface area contributed by atoms with Gasteiger partial charge in [-0.1, -0.05) is 6.07 Å². The van der Waals surface area contributed by atoms with E-state index in [1.807, 2.05) is 0 Å². The fraction of sp³-hybridized carbons (Fsp3) is 0.143. The van der Waals surface area contributed by atoms with Gasteiger partial charge in [-0.15, -0.1) is 0 Å². The summed E-state index contributed by atoms with van der Waals surface area (Å²) in [4.78, 5) is 21.9. The van der Waals surface area contributed by atoms with E-state index < -0.39 is 11.9 Å². The number of carbonyl (C=O) groups excluding carboxylic acids is 2. The molecule has 0 aliphatic carbocycles. The predicted molar refractivity (Wildman–Crippen MR) is 70.2 cm³/mol. The van der Waals surface area contributed by atoms with Crippen LogP contribution in [0.3, 0.4) is 0 Å². The molecule has 5 heteroatoms. The number of hydrogen-bond donors (Lipinski definition) is 1. The van der Waals surface area contributed by atoms with E-state index in [0.717, 1.165) is 0 Å². The molecule has 1 aromatic rings. The maximum absolute atomic E-state index is 11.0. The monoisotopic (exact) mass is 262 g/mol. The number of hydrogen-bond acceptors (Lipinski definition) is 5. The number of benzene rings is 1. The summed E-state index contributed by atoms with van der Waals surface area (Å²) in [5.74, 6) is -0.968. The van der Waals surface area contributed by atoms with Crippen LogP contribution in [-0.2, 0) is 19.1 Å². The molecule has 0 atom stereocenters. The third kappa shape index (κ3) is 4.67. The Bertz CT molecular complexity index is 529. The van der Waals surface area contributed by atoms with Gasteiger partial charge in [-0.2, -0.15) is 0 Å². The minimum absolute atomic E-state index is 0.0235. The molecule has 1 N–H and O–H groups in total. The summed E-state index contributed by atoms with van der Waals surface area (Å²) in [5.41, 5.74) is 1.13. The van der Waals surface area contributed by atoms with Crippen molar-refractivity contribution >= 4 is 24.1 Å². The van der Waals surface area contributed by atoms with Crippen molar-refractivity contribution in [3.8, 4) is 5.75 Å². The normalized spacial score (nSPS) is 10.8. The van der Waals surface area contributed by atoms with Gasteiger partial charge in [0.1, 0.15) is 5.75 Å². The SMILES string of the molecule is COC(=O)/C=C/c1ccc(O)c(/C=C/C(=O)OC)c1. The zero-order valence-corrected chi connectivity index (χ0v) is 10.6. The standard InChI is InChI=1S/C14H14O5/c1-18-13(16)7-4-10-3-6-12(15)11(9-10)5-8-14(17)19-2/h3-9,15H,1-2H3/b7-4+,8-5+. The Kier molecular flexibility index (Phi) is 5.35. The molecule has 1 aromatic carbocycles. The molecule has 1 rings (SSSR count). The lowest BCUT2D eigenvalue weighted by molar-refractivity contribution is -0.135. The second-order valence-corrected chi connectivity index (χ2v) is 3.53. The highest BCUT2D eigenvalue weighted by Crippen LogP contribution is 2.20. The Balaban J connectivity index is 2.94. The van der Waals surface area contributed by atoms with Crippen LogP contribution >= 0.6 is 0 Å². The summed E-state index contributed by atoms with van der Waals surface area (Å²) in [6.45, 7) is 0. The molecule has 5 nitrogen and oxygen atoms in total. The Morgan fingerprint density at radius 1 is 1.05 bits per heavy atom. The third-order valence-corrected chi connectivity index (χ3v) is 2.26. The van der Waals surface area contributed by atoms with Crippen LogP contribution < -0.4 is 0 Å². The van der Waals surface area contributed by atoms with Crippen LogP contribution in [0.15, 0.2) is 30.4 Å². The van der Waals surface area contributed by atoms with Gasteiger partial charge < -0.3 is 14.6 Å². The van der Waals surface area contributed by atoms with Crippen LogP contribution in [0.5, 0.6) is 5.75 Å². The van der Waals surface area contributed by atoms with Crippen LogP contribution in [0.25, 0.3) is 12.2 Å². The molecule has 0 heterocycles. The predicted octanol–water partition coefficient (Wildman–Crippen LogP) is 1.76. The smallest absolute Gasteiger partial charge is 0.330 e. The molecule has 19 heavy (non-hydrogen) atoms. The van der Waals surface area contributed by atoms with Gasteiger partial charge in [-0.05, 0) is 29.8 Å².